The lowest BCUT2D eigenvalue weighted by atomic mass is 10.1. The number of sulfonamides is 1. The molecule has 0 amide bonds. The number of rotatable bonds is 6. The molecule has 0 spiro atoms. The van der Waals surface area contributed by atoms with Crippen molar-refractivity contribution in [3.05, 3.63) is 36.0 Å². The molecule has 0 aliphatic carbocycles. The van der Waals surface area contributed by atoms with E-state index in [0.29, 0.717) is 6.42 Å². The number of ether oxygens (including phenoxy) is 1. The minimum Gasteiger partial charge on any atom is -0.496 e. The van der Waals surface area contributed by atoms with Crippen LogP contribution in [0.3, 0.4) is 0 Å². The summed E-state index contributed by atoms with van der Waals surface area (Å²) in [6, 6.07) is 7.16. The van der Waals surface area contributed by atoms with Crippen LogP contribution in [0.25, 0.3) is 0 Å². The number of nitrogens with zero attached hydrogens (tertiary/aromatic N) is 1. The smallest absolute Gasteiger partial charge is 0.246 e. The number of para-hydroxylation sites is 1. The average molecular weight is 310 g/mol. The molecule has 7 nitrogen and oxygen atoms in total. The number of aromatic nitrogens is 2. The fourth-order valence-electron chi connectivity index (χ4n) is 2.07. The van der Waals surface area contributed by atoms with Crippen molar-refractivity contribution < 1.29 is 13.2 Å². The molecular formula is C13H18N4O3S. The number of hydrogen-bond donors (Lipinski definition) is 3. The highest BCUT2D eigenvalue weighted by molar-refractivity contribution is 7.89. The van der Waals surface area contributed by atoms with Gasteiger partial charge in [0.25, 0.3) is 0 Å². The molecule has 114 valence electrons. The van der Waals surface area contributed by atoms with Gasteiger partial charge in [0.1, 0.15) is 16.5 Å². The van der Waals surface area contributed by atoms with Gasteiger partial charge >= 0.3 is 0 Å². The summed E-state index contributed by atoms with van der Waals surface area (Å²) in [5.41, 5.74) is 6.47. The summed E-state index contributed by atoms with van der Waals surface area (Å²) >= 11 is 0. The van der Waals surface area contributed by atoms with Crippen molar-refractivity contribution in [3.63, 3.8) is 0 Å². The number of nitrogen functional groups attached to an aromatic ring is 1. The van der Waals surface area contributed by atoms with E-state index in [4.69, 9.17) is 10.5 Å². The van der Waals surface area contributed by atoms with Crippen LogP contribution in [-0.2, 0) is 16.4 Å². The Bertz CT molecular complexity index is 712. The van der Waals surface area contributed by atoms with Crippen molar-refractivity contribution in [1.29, 1.82) is 0 Å². The minimum absolute atomic E-state index is 0.0204. The van der Waals surface area contributed by atoms with E-state index in [1.54, 1.807) is 14.0 Å². The lowest BCUT2D eigenvalue weighted by Crippen LogP contribution is -2.34. The molecular weight excluding hydrogens is 292 g/mol. The molecule has 1 unspecified atom stereocenters. The maximum atomic E-state index is 12.2. The third kappa shape index (κ3) is 3.53. The van der Waals surface area contributed by atoms with E-state index >= 15 is 0 Å². The van der Waals surface area contributed by atoms with Gasteiger partial charge < -0.3 is 10.5 Å². The zero-order valence-corrected chi connectivity index (χ0v) is 12.6. The van der Waals surface area contributed by atoms with Crippen LogP contribution >= 0.6 is 0 Å². The topological polar surface area (TPSA) is 110 Å². The molecule has 0 saturated heterocycles. The third-order valence-electron chi connectivity index (χ3n) is 3.00. The maximum Gasteiger partial charge on any atom is 0.246 e. The molecule has 0 saturated carbocycles. The minimum atomic E-state index is -3.70. The Balaban J connectivity index is 2.12. The maximum absolute atomic E-state index is 12.2. The van der Waals surface area contributed by atoms with Gasteiger partial charge in [-0.15, -0.1) is 0 Å². The Kier molecular flexibility index (Phi) is 4.49. The van der Waals surface area contributed by atoms with Gasteiger partial charge in [0, 0.05) is 6.04 Å². The Hall–Kier alpha value is -2.06. The summed E-state index contributed by atoms with van der Waals surface area (Å²) in [6.45, 7) is 1.78. The van der Waals surface area contributed by atoms with Crippen LogP contribution in [0, 0.1) is 0 Å². The Morgan fingerprint density at radius 1 is 1.43 bits per heavy atom. The Morgan fingerprint density at radius 2 is 2.14 bits per heavy atom. The van der Waals surface area contributed by atoms with E-state index in [0.717, 1.165) is 11.3 Å². The molecule has 0 aliphatic heterocycles. The summed E-state index contributed by atoms with van der Waals surface area (Å²) in [6.07, 6.45) is 1.69. The van der Waals surface area contributed by atoms with E-state index in [1.165, 1.54) is 6.20 Å². The summed E-state index contributed by atoms with van der Waals surface area (Å²) < 4.78 is 32.2. The highest BCUT2D eigenvalue weighted by atomic mass is 32.2. The molecule has 0 fully saturated rings. The standard InChI is InChI=1S/C13H18N4O3S/c1-9(7-10-5-3-4-6-11(10)20-2)17-21(18,19)12-8-15-16-13(12)14/h3-6,8-9,17H,7H2,1-2H3,(H3,14,15,16). The molecule has 2 aromatic rings. The van der Waals surface area contributed by atoms with E-state index in [9.17, 15) is 8.42 Å². The van der Waals surface area contributed by atoms with Crippen molar-refractivity contribution >= 4 is 15.8 Å². The first-order valence-corrected chi connectivity index (χ1v) is 7.85. The van der Waals surface area contributed by atoms with Crippen LogP contribution in [0.1, 0.15) is 12.5 Å². The monoisotopic (exact) mass is 310 g/mol. The number of aromatic amines is 1. The third-order valence-corrected chi connectivity index (χ3v) is 4.61. The van der Waals surface area contributed by atoms with Crippen molar-refractivity contribution in [2.45, 2.75) is 24.3 Å². The Labute approximate surface area is 123 Å². The lowest BCUT2D eigenvalue weighted by Gasteiger charge is -2.15. The normalized spacial score (nSPS) is 13.0. The fraction of sp³-hybridized carbons (Fsp3) is 0.308. The van der Waals surface area contributed by atoms with Gasteiger partial charge in [0.05, 0.1) is 13.3 Å². The predicted molar refractivity (Wildman–Crippen MR) is 79.5 cm³/mol. The van der Waals surface area contributed by atoms with Crippen molar-refractivity contribution in [1.82, 2.24) is 14.9 Å². The van der Waals surface area contributed by atoms with Crippen LogP contribution in [0.5, 0.6) is 5.75 Å². The number of benzene rings is 1. The summed E-state index contributed by atoms with van der Waals surface area (Å²) in [4.78, 5) is -0.0469. The van der Waals surface area contributed by atoms with Crippen LogP contribution in [0.15, 0.2) is 35.4 Å². The van der Waals surface area contributed by atoms with Gasteiger partial charge in [-0.3, -0.25) is 5.10 Å². The summed E-state index contributed by atoms with van der Waals surface area (Å²) in [5.74, 6) is 0.748. The Morgan fingerprint density at radius 3 is 2.76 bits per heavy atom. The fourth-order valence-corrected chi connectivity index (χ4v) is 3.34. The first-order valence-electron chi connectivity index (χ1n) is 6.37. The molecule has 1 heterocycles. The number of anilines is 1. The number of nitrogens with one attached hydrogen (secondary N) is 2. The number of methoxy groups -OCH3 is 1. The van der Waals surface area contributed by atoms with E-state index in [1.807, 2.05) is 24.3 Å². The number of H-pyrrole nitrogens is 1. The molecule has 2 rings (SSSR count). The molecule has 1 atom stereocenters. The van der Waals surface area contributed by atoms with Crippen LogP contribution in [0.4, 0.5) is 5.82 Å². The van der Waals surface area contributed by atoms with Crippen molar-refractivity contribution in [2.75, 3.05) is 12.8 Å². The highest BCUT2D eigenvalue weighted by Crippen LogP contribution is 2.20. The van der Waals surface area contributed by atoms with Gasteiger partial charge in [-0.2, -0.15) is 5.10 Å². The molecule has 8 heteroatoms. The van der Waals surface area contributed by atoms with E-state index in [2.05, 4.69) is 14.9 Å². The first-order chi connectivity index (χ1) is 9.94. The van der Waals surface area contributed by atoms with Crippen molar-refractivity contribution in [2.24, 2.45) is 0 Å². The second-order valence-electron chi connectivity index (χ2n) is 4.69. The van der Waals surface area contributed by atoms with Crippen LogP contribution in [-0.4, -0.2) is 31.8 Å². The second kappa shape index (κ2) is 6.15. The molecule has 0 bridgehead atoms. The molecule has 21 heavy (non-hydrogen) atoms. The van der Waals surface area contributed by atoms with Gasteiger partial charge in [-0.25, -0.2) is 13.1 Å². The molecule has 0 aliphatic rings. The van der Waals surface area contributed by atoms with Gasteiger partial charge in [-0.05, 0) is 25.0 Å². The molecule has 1 aromatic heterocycles. The summed E-state index contributed by atoms with van der Waals surface area (Å²) in [5, 5.41) is 6.02. The zero-order valence-electron chi connectivity index (χ0n) is 11.8. The molecule has 4 N–H and O–H groups in total. The first kappa shape index (κ1) is 15.3. The second-order valence-corrected chi connectivity index (χ2v) is 6.37. The molecule has 1 aromatic carbocycles. The van der Waals surface area contributed by atoms with E-state index < -0.39 is 10.0 Å². The van der Waals surface area contributed by atoms with Gasteiger partial charge in [-0.1, -0.05) is 18.2 Å². The predicted octanol–water partition coefficient (Wildman–Crippen LogP) is 0.910. The zero-order chi connectivity index (χ0) is 15.5. The van der Waals surface area contributed by atoms with Gasteiger partial charge in [0.2, 0.25) is 10.0 Å². The van der Waals surface area contributed by atoms with Crippen LogP contribution < -0.4 is 15.2 Å². The van der Waals surface area contributed by atoms with Gasteiger partial charge in [0.15, 0.2) is 0 Å². The lowest BCUT2D eigenvalue weighted by molar-refractivity contribution is 0.407. The SMILES string of the molecule is COc1ccccc1CC(C)NS(=O)(=O)c1cn[nH]c1N. The van der Waals surface area contributed by atoms with E-state index in [-0.39, 0.29) is 16.8 Å². The largest absolute Gasteiger partial charge is 0.496 e. The average Bonchev–Trinajstić information content (AvgIpc) is 2.86. The number of nitrogens with two attached hydrogens (primary N) is 1. The van der Waals surface area contributed by atoms with Crippen LogP contribution in [0.2, 0.25) is 0 Å². The summed E-state index contributed by atoms with van der Waals surface area (Å²) in [7, 11) is -2.11. The highest BCUT2D eigenvalue weighted by Gasteiger charge is 2.22. The van der Waals surface area contributed by atoms with Crippen molar-refractivity contribution in [3.8, 4) is 5.75 Å². The number of hydrogen-bond acceptors (Lipinski definition) is 5. The molecule has 0 radical (unpaired) electrons. The quantitative estimate of drug-likeness (QED) is 0.734.